The van der Waals surface area contributed by atoms with E-state index >= 15 is 0 Å². The quantitative estimate of drug-likeness (QED) is 0.794. The maximum absolute atomic E-state index is 12.4. The zero-order chi connectivity index (χ0) is 16.5. The van der Waals surface area contributed by atoms with Crippen LogP contribution in [0.3, 0.4) is 0 Å². The van der Waals surface area contributed by atoms with Gasteiger partial charge >= 0.3 is 0 Å². The second kappa shape index (κ2) is 6.13. The van der Waals surface area contributed by atoms with Crippen LogP contribution in [0.2, 0.25) is 5.02 Å². The second-order valence-electron chi connectivity index (χ2n) is 5.71. The molecule has 1 unspecified atom stereocenters. The fraction of sp³-hybridized carbons (Fsp3) is 0.235. The van der Waals surface area contributed by atoms with E-state index in [0.29, 0.717) is 17.3 Å². The molecule has 4 rings (SSSR count). The summed E-state index contributed by atoms with van der Waals surface area (Å²) in [5.41, 5.74) is 0.767. The maximum Gasteiger partial charge on any atom is 0.287 e. The first-order valence-electron chi connectivity index (χ1n) is 7.73. The van der Waals surface area contributed by atoms with Gasteiger partial charge in [-0.25, -0.2) is 9.67 Å². The van der Waals surface area contributed by atoms with Crippen molar-refractivity contribution in [3.63, 3.8) is 0 Å². The summed E-state index contributed by atoms with van der Waals surface area (Å²) in [6, 6.07) is 10.8. The number of benzene rings is 1. The highest BCUT2D eigenvalue weighted by molar-refractivity contribution is 6.33. The molecule has 0 spiro atoms. The number of hydrogen-bond acceptors (Lipinski definition) is 4. The molecule has 24 heavy (non-hydrogen) atoms. The van der Waals surface area contributed by atoms with Crippen molar-refractivity contribution in [3.05, 3.63) is 59.3 Å². The van der Waals surface area contributed by atoms with Crippen molar-refractivity contribution >= 4 is 17.5 Å². The van der Waals surface area contributed by atoms with Crippen LogP contribution >= 0.6 is 11.6 Å². The third-order valence-corrected chi connectivity index (χ3v) is 4.44. The van der Waals surface area contributed by atoms with Gasteiger partial charge in [0.05, 0.1) is 11.6 Å². The van der Waals surface area contributed by atoms with Crippen LogP contribution < -0.4 is 5.32 Å². The van der Waals surface area contributed by atoms with E-state index in [9.17, 15) is 4.79 Å². The third kappa shape index (κ3) is 2.80. The fourth-order valence-corrected chi connectivity index (χ4v) is 3.11. The Hall–Kier alpha value is -2.60. The Morgan fingerprint density at radius 2 is 2.17 bits per heavy atom. The summed E-state index contributed by atoms with van der Waals surface area (Å²) in [4.78, 5) is 16.6. The van der Waals surface area contributed by atoms with Crippen molar-refractivity contribution in [3.8, 4) is 11.3 Å². The Labute approximate surface area is 143 Å². The molecule has 1 aromatic carbocycles. The van der Waals surface area contributed by atoms with E-state index in [1.165, 1.54) is 0 Å². The topological polar surface area (TPSA) is 73.0 Å². The minimum Gasteiger partial charge on any atom is -0.451 e. The smallest absolute Gasteiger partial charge is 0.287 e. The van der Waals surface area contributed by atoms with Crippen molar-refractivity contribution in [2.75, 3.05) is 0 Å². The van der Waals surface area contributed by atoms with Crippen LogP contribution in [0.1, 0.15) is 22.8 Å². The molecule has 0 saturated carbocycles. The van der Waals surface area contributed by atoms with Gasteiger partial charge in [-0.2, -0.15) is 5.10 Å². The predicted octanol–water partition coefficient (Wildman–Crippen LogP) is 2.94. The highest BCUT2D eigenvalue weighted by atomic mass is 35.5. The molecular weight excluding hydrogens is 328 g/mol. The van der Waals surface area contributed by atoms with Crippen molar-refractivity contribution in [1.82, 2.24) is 20.1 Å². The Morgan fingerprint density at radius 3 is 3.04 bits per heavy atom. The Balaban J connectivity index is 1.47. The van der Waals surface area contributed by atoms with Gasteiger partial charge in [-0.1, -0.05) is 23.7 Å². The lowest BCUT2D eigenvalue weighted by Gasteiger charge is -2.23. The average Bonchev–Trinajstić information content (AvgIpc) is 3.24. The minimum atomic E-state index is -0.234. The van der Waals surface area contributed by atoms with Crippen LogP contribution in [0.4, 0.5) is 0 Å². The van der Waals surface area contributed by atoms with E-state index in [4.69, 9.17) is 16.0 Å². The van der Waals surface area contributed by atoms with Crippen LogP contribution in [0.15, 0.2) is 47.1 Å². The number of aryl methyl sites for hydroxylation is 1. The van der Waals surface area contributed by atoms with Crippen LogP contribution in [-0.4, -0.2) is 26.7 Å². The van der Waals surface area contributed by atoms with Gasteiger partial charge in [0.15, 0.2) is 5.76 Å². The Morgan fingerprint density at radius 1 is 1.29 bits per heavy atom. The Kier molecular flexibility index (Phi) is 3.82. The number of halogens is 1. The van der Waals surface area contributed by atoms with Gasteiger partial charge in [-0.05, 0) is 30.7 Å². The van der Waals surface area contributed by atoms with Crippen LogP contribution in [-0.2, 0) is 13.0 Å². The van der Waals surface area contributed by atoms with Gasteiger partial charge in [0.25, 0.3) is 5.91 Å². The third-order valence-electron chi connectivity index (χ3n) is 4.11. The molecule has 7 heteroatoms. The van der Waals surface area contributed by atoms with E-state index in [1.807, 2.05) is 22.9 Å². The lowest BCUT2D eigenvalue weighted by atomic mass is 10.1. The first kappa shape index (κ1) is 15.0. The maximum atomic E-state index is 12.4. The molecule has 1 N–H and O–H groups in total. The normalized spacial score (nSPS) is 16.6. The first-order valence-corrected chi connectivity index (χ1v) is 8.11. The van der Waals surface area contributed by atoms with E-state index < -0.39 is 0 Å². The molecule has 2 aromatic heterocycles. The molecular formula is C17H15ClN4O2. The molecule has 0 bridgehead atoms. The number of carbonyl (C=O) groups excluding carboxylic acids is 1. The second-order valence-corrected chi connectivity index (χ2v) is 6.12. The number of nitrogens with zero attached hydrogens (tertiary/aromatic N) is 3. The molecule has 6 nitrogen and oxygen atoms in total. The van der Waals surface area contributed by atoms with Crippen molar-refractivity contribution in [2.45, 2.75) is 25.4 Å². The van der Waals surface area contributed by atoms with E-state index in [1.54, 1.807) is 24.5 Å². The largest absolute Gasteiger partial charge is 0.451 e. The van der Waals surface area contributed by atoms with Gasteiger partial charge < -0.3 is 9.73 Å². The average molecular weight is 343 g/mol. The van der Waals surface area contributed by atoms with E-state index in [0.717, 1.165) is 24.2 Å². The van der Waals surface area contributed by atoms with Gasteiger partial charge in [-0.3, -0.25) is 4.79 Å². The standard InChI is InChI=1S/C17H15ClN4O2/c18-13-4-2-1-3-12(13)14-6-7-15(24-14)17(23)21-11-5-8-16-19-10-20-22(16)9-11/h1-4,6-7,10-11H,5,8-9H2,(H,21,23). The summed E-state index contributed by atoms with van der Waals surface area (Å²) >= 11 is 6.16. The van der Waals surface area contributed by atoms with E-state index in [-0.39, 0.29) is 17.7 Å². The molecule has 0 saturated heterocycles. The zero-order valence-electron chi connectivity index (χ0n) is 12.8. The highest BCUT2D eigenvalue weighted by Gasteiger charge is 2.23. The molecule has 1 atom stereocenters. The Bertz CT molecular complexity index is 886. The molecule has 122 valence electrons. The molecule has 1 amide bonds. The molecule has 3 aromatic rings. The fourth-order valence-electron chi connectivity index (χ4n) is 2.88. The minimum absolute atomic E-state index is 0.0144. The number of amides is 1. The van der Waals surface area contributed by atoms with Crippen LogP contribution in [0.5, 0.6) is 0 Å². The summed E-state index contributed by atoms with van der Waals surface area (Å²) in [5, 5.41) is 7.74. The number of fused-ring (bicyclic) bond motifs is 1. The van der Waals surface area contributed by atoms with E-state index in [2.05, 4.69) is 15.4 Å². The first-order chi connectivity index (χ1) is 11.7. The summed E-state index contributed by atoms with van der Waals surface area (Å²) in [6.45, 7) is 0.624. The molecule has 0 fully saturated rings. The number of rotatable bonds is 3. The highest BCUT2D eigenvalue weighted by Crippen LogP contribution is 2.29. The van der Waals surface area contributed by atoms with Crippen molar-refractivity contribution in [1.29, 1.82) is 0 Å². The molecule has 1 aliphatic heterocycles. The van der Waals surface area contributed by atoms with Crippen LogP contribution in [0.25, 0.3) is 11.3 Å². The number of aromatic nitrogens is 3. The lowest BCUT2D eigenvalue weighted by molar-refractivity contribution is 0.0899. The summed E-state index contributed by atoms with van der Waals surface area (Å²) in [7, 11) is 0. The predicted molar refractivity (Wildman–Crippen MR) is 88.8 cm³/mol. The zero-order valence-corrected chi connectivity index (χ0v) is 13.5. The summed E-state index contributed by atoms with van der Waals surface area (Å²) < 4.78 is 7.50. The van der Waals surface area contributed by atoms with Crippen LogP contribution in [0, 0.1) is 0 Å². The lowest BCUT2D eigenvalue weighted by Crippen LogP contribution is -2.41. The van der Waals surface area contributed by atoms with Crippen molar-refractivity contribution in [2.24, 2.45) is 0 Å². The summed E-state index contributed by atoms with van der Waals surface area (Å²) in [5.74, 6) is 1.57. The summed E-state index contributed by atoms with van der Waals surface area (Å²) in [6.07, 6.45) is 3.18. The molecule has 1 aliphatic rings. The van der Waals surface area contributed by atoms with Gasteiger partial charge in [-0.15, -0.1) is 0 Å². The van der Waals surface area contributed by atoms with Gasteiger partial charge in [0.2, 0.25) is 0 Å². The number of furan rings is 1. The SMILES string of the molecule is O=C(NC1CCc2ncnn2C1)c1ccc(-c2ccccc2Cl)o1. The number of carbonyl (C=O) groups is 1. The van der Waals surface area contributed by atoms with Gasteiger partial charge in [0, 0.05) is 18.0 Å². The van der Waals surface area contributed by atoms with Crippen molar-refractivity contribution < 1.29 is 9.21 Å². The molecule has 0 aliphatic carbocycles. The number of hydrogen-bond donors (Lipinski definition) is 1. The molecule has 0 radical (unpaired) electrons. The van der Waals surface area contributed by atoms with Gasteiger partial charge in [0.1, 0.15) is 17.9 Å². The monoisotopic (exact) mass is 342 g/mol. The number of nitrogens with one attached hydrogen (secondary N) is 1. The molecule has 3 heterocycles.